The van der Waals surface area contributed by atoms with E-state index in [0.717, 1.165) is 17.0 Å². The molecular weight excluding hydrogens is 502 g/mol. The second-order valence-corrected chi connectivity index (χ2v) is 16.2. The van der Waals surface area contributed by atoms with Crippen molar-refractivity contribution in [1.29, 1.82) is 0 Å². The number of hydrogen-bond acceptors (Lipinski definition) is 6. The first kappa shape index (κ1) is 26.9. The van der Waals surface area contributed by atoms with Crippen LogP contribution in [-0.2, 0) is 11.5 Å². The first-order valence-corrected chi connectivity index (χ1v) is 15.4. The van der Waals surface area contributed by atoms with Gasteiger partial charge >= 0.3 is 0 Å². The van der Waals surface area contributed by atoms with Gasteiger partial charge in [-0.05, 0) is 54.5 Å². The lowest BCUT2D eigenvalue weighted by Gasteiger charge is -2.36. The Bertz CT molecular complexity index is 1180. The maximum atomic E-state index is 12.9. The Hall–Kier alpha value is -2.66. The van der Waals surface area contributed by atoms with E-state index >= 15 is 0 Å². The van der Waals surface area contributed by atoms with Crippen LogP contribution in [0.4, 0.5) is 17.2 Å². The van der Waals surface area contributed by atoms with Crippen molar-refractivity contribution in [1.82, 2.24) is 9.78 Å². The number of benzene rings is 1. The molecular formula is C24H32ClN5O3SSi. The molecule has 0 saturated carbocycles. The maximum Gasteiger partial charge on any atom is 0.267 e. The summed E-state index contributed by atoms with van der Waals surface area (Å²) in [7, 11) is -0.0760. The van der Waals surface area contributed by atoms with Gasteiger partial charge in [0.15, 0.2) is 14.1 Å². The smallest absolute Gasteiger partial charge is 0.267 e. The number of nitrogens with one attached hydrogen (secondary N) is 3. The highest BCUT2D eigenvalue weighted by Crippen LogP contribution is 2.36. The van der Waals surface area contributed by atoms with Crippen LogP contribution in [0.25, 0.3) is 0 Å². The van der Waals surface area contributed by atoms with Crippen LogP contribution in [0.15, 0.2) is 42.6 Å². The summed E-state index contributed by atoms with van der Waals surface area (Å²) in [5.74, 6) is -0.566. The molecule has 35 heavy (non-hydrogen) atoms. The van der Waals surface area contributed by atoms with Gasteiger partial charge in [-0.1, -0.05) is 32.4 Å². The minimum atomic E-state index is -1.76. The number of hydrogen-bond donors (Lipinski definition) is 3. The Morgan fingerprint density at radius 3 is 2.31 bits per heavy atom. The van der Waals surface area contributed by atoms with Crippen LogP contribution in [0, 0.1) is 0 Å². The number of carbonyl (C=O) groups excluding carboxylic acids is 2. The Morgan fingerprint density at radius 2 is 1.71 bits per heavy atom. The fourth-order valence-corrected chi connectivity index (χ4v) is 4.92. The summed E-state index contributed by atoms with van der Waals surface area (Å²) in [5, 5.41) is 13.3. The Balaban J connectivity index is 1.56. The highest BCUT2D eigenvalue weighted by molar-refractivity contribution is 7.18. The Morgan fingerprint density at radius 1 is 1.06 bits per heavy atom. The van der Waals surface area contributed by atoms with Gasteiger partial charge in [-0.25, -0.2) is 0 Å². The van der Waals surface area contributed by atoms with Gasteiger partial charge in [-0.2, -0.15) is 5.10 Å². The highest BCUT2D eigenvalue weighted by Gasteiger charge is 2.36. The zero-order valence-corrected chi connectivity index (χ0v) is 23.4. The van der Waals surface area contributed by atoms with Crippen LogP contribution < -0.4 is 16.0 Å². The van der Waals surface area contributed by atoms with E-state index in [1.54, 1.807) is 25.4 Å². The van der Waals surface area contributed by atoms with Crippen LogP contribution >= 0.6 is 22.9 Å². The normalized spacial score (nSPS) is 11.9. The second kappa shape index (κ2) is 10.9. The number of aromatic nitrogens is 2. The number of anilines is 3. The Labute approximate surface area is 216 Å². The van der Waals surface area contributed by atoms with E-state index in [2.05, 4.69) is 54.9 Å². The zero-order chi connectivity index (χ0) is 25.8. The van der Waals surface area contributed by atoms with Crippen LogP contribution in [0.2, 0.25) is 22.5 Å². The number of aryl methyl sites for hydroxylation is 1. The third kappa shape index (κ3) is 7.17. The zero-order valence-electron chi connectivity index (χ0n) is 20.9. The molecule has 0 aliphatic heterocycles. The quantitative estimate of drug-likeness (QED) is 0.229. The average molecular weight is 534 g/mol. The van der Waals surface area contributed by atoms with Crippen molar-refractivity contribution < 1.29 is 14.0 Å². The van der Waals surface area contributed by atoms with E-state index in [4.69, 9.17) is 16.0 Å². The van der Waals surface area contributed by atoms with E-state index in [-0.39, 0.29) is 28.2 Å². The number of thiophene rings is 1. The van der Waals surface area contributed by atoms with E-state index in [9.17, 15) is 9.59 Å². The van der Waals surface area contributed by atoms with E-state index in [1.807, 2.05) is 24.3 Å². The summed E-state index contributed by atoms with van der Waals surface area (Å²) < 4.78 is 8.17. The minimum absolute atomic E-state index is 0.180. The molecule has 1 aromatic carbocycles. The first-order chi connectivity index (χ1) is 16.4. The first-order valence-electron chi connectivity index (χ1n) is 11.3. The van der Waals surface area contributed by atoms with Gasteiger partial charge in [0, 0.05) is 31.2 Å². The molecule has 0 atom stereocenters. The molecule has 0 bridgehead atoms. The summed E-state index contributed by atoms with van der Waals surface area (Å²) in [5.41, 5.74) is 1.82. The molecule has 0 spiro atoms. The number of nitrogens with zero attached hydrogens (tertiary/aromatic N) is 2. The molecule has 0 fully saturated rings. The van der Waals surface area contributed by atoms with Crippen molar-refractivity contribution in [2.24, 2.45) is 7.05 Å². The maximum absolute atomic E-state index is 12.9. The molecule has 0 unspecified atom stereocenters. The predicted octanol–water partition coefficient (Wildman–Crippen LogP) is 6.07. The standard InChI is InChI=1S/C24H32ClN5O3SSi/c1-24(2,3)35(5,6)33-14-13-26-16-7-9-17(10-8-16)27-22(31)18-15-30(4)29-21(18)28-23(32)19-11-12-20(25)34-19/h7-12,15,26H,13-14H2,1-6H3,(H,27,31)(H,28,29,32). The summed E-state index contributed by atoms with van der Waals surface area (Å²) in [6, 6.07) is 10.7. The van der Waals surface area contributed by atoms with Gasteiger partial charge in [-0.15, -0.1) is 11.3 Å². The highest BCUT2D eigenvalue weighted by atomic mass is 35.5. The van der Waals surface area contributed by atoms with Crippen molar-refractivity contribution in [3.8, 4) is 0 Å². The molecule has 8 nitrogen and oxygen atoms in total. The fraction of sp³-hybridized carbons (Fsp3) is 0.375. The molecule has 0 radical (unpaired) electrons. The van der Waals surface area contributed by atoms with Crippen LogP contribution in [0.3, 0.4) is 0 Å². The third-order valence-electron chi connectivity index (χ3n) is 5.95. The number of rotatable bonds is 9. The van der Waals surface area contributed by atoms with Gasteiger partial charge in [0.1, 0.15) is 5.56 Å². The molecule has 188 valence electrons. The van der Waals surface area contributed by atoms with Gasteiger partial charge in [-0.3, -0.25) is 14.3 Å². The molecule has 3 aromatic rings. The predicted molar refractivity (Wildman–Crippen MR) is 147 cm³/mol. The molecule has 3 N–H and O–H groups in total. The SMILES string of the molecule is Cn1cc(C(=O)Nc2ccc(NCCO[Si](C)(C)C(C)(C)C)cc2)c(NC(=O)c2ccc(Cl)s2)n1. The van der Waals surface area contributed by atoms with Crippen molar-refractivity contribution in [2.45, 2.75) is 38.9 Å². The van der Waals surface area contributed by atoms with Gasteiger partial charge < -0.3 is 20.4 Å². The van der Waals surface area contributed by atoms with Crippen molar-refractivity contribution in [3.05, 3.63) is 57.4 Å². The lowest BCUT2D eigenvalue weighted by atomic mass is 10.2. The van der Waals surface area contributed by atoms with Gasteiger partial charge in [0.25, 0.3) is 11.8 Å². The van der Waals surface area contributed by atoms with E-state index in [1.165, 1.54) is 4.68 Å². The van der Waals surface area contributed by atoms with Crippen molar-refractivity contribution in [2.75, 3.05) is 29.1 Å². The third-order valence-corrected chi connectivity index (χ3v) is 11.7. The molecule has 11 heteroatoms. The molecule has 0 aliphatic carbocycles. The van der Waals surface area contributed by atoms with E-state index < -0.39 is 8.32 Å². The number of carbonyl (C=O) groups is 2. The Kier molecular flexibility index (Phi) is 8.42. The molecule has 2 amide bonds. The number of amides is 2. The van der Waals surface area contributed by atoms with Crippen LogP contribution in [-0.4, -0.2) is 43.1 Å². The molecule has 2 aromatic heterocycles. The molecule has 2 heterocycles. The fourth-order valence-electron chi connectivity index (χ4n) is 2.94. The second-order valence-electron chi connectivity index (χ2n) is 9.69. The molecule has 0 saturated heterocycles. The van der Waals surface area contributed by atoms with Crippen molar-refractivity contribution >= 4 is 60.3 Å². The summed E-state index contributed by atoms with van der Waals surface area (Å²) >= 11 is 7.07. The largest absolute Gasteiger partial charge is 0.415 e. The van der Waals surface area contributed by atoms with Crippen LogP contribution in [0.1, 0.15) is 40.8 Å². The molecule has 0 aliphatic rings. The minimum Gasteiger partial charge on any atom is -0.415 e. The van der Waals surface area contributed by atoms with Crippen molar-refractivity contribution in [3.63, 3.8) is 0 Å². The van der Waals surface area contributed by atoms with Gasteiger partial charge in [0.2, 0.25) is 0 Å². The monoisotopic (exact) mass is 533 g/mol. The molecule has 3 rings (SSSR count). The van der Waals surface area contributed by atoms with E-state index in [0.29, 0.717) is 28.1 Å². The lowest BCUT2D eigenvalue weighted by Crippen LogP contribution is -2.41. The lowest BCUT2D eigenvalue weighted by molar-refractivity contribution is 0.102. The van der Waals surface area contributed by atoms with Crippen LogP contribution in [0.5, 0.6) is 0 Å². The van der Waals surface area contributed by atoms with Gasteiger partial charge in [0.05, 0.1) is 15.8 Å². The summed E-state index contributed by atoms with van der Waals surface area (Å²) in [6.07, 6.45) is 1.56. The summed E-state index contributed by atoms with van der Waals surface area (Å²) in [6.45, 7) is 12.5. The average Bonchev–Trinajstić information content (AvgIpc) is 3.37. The number of halogens is 1. The topological polar surface area (TPSA) is 97.3 Å². The summed E-state index contributed by atoms with van der Waals surface area (Å²) in [4.78, 5) is 25.8.